The minimum absolute atomic E-state index is 0.0116. The van der Waals surface area contributed by atoms with Gasteiger partial charge in [-0.3, -0.25) is 0 Å². The first kappa shape index (κ1) is 23.4. The number of nitriles is 1. The van der Waals surface area contributed by atoms with Gasteiger partial charge in [0.05, 0.1) is 24.8 Å². The smallest absolute Gasteiger partial charge is 0.410 e. The van der Waals surface area contributed by atoms with E-state index in [-0.39, 0.29) is 24.0 Å². The minimum atomic E-state index is -0.550. The maximum absolute atomic E-state index is 12.7. The maximum Gasteiger partial charge on any atom is 0.410 e. The van der Waals surface area contributed by atoms with E-state index >= 15 is 0 Å². The van der Waals surface area contributed by atoms with Gasteiger partial charge in [-0.2, -0.15) is 10.2 Å². The molecule has 182 valence electrons. The van der Waals surface area contributed by atoms with Gasteiger partial charge in [0.1, 0.15) is 29.1 Å². The average Bonchev–Trinajstić information content (AvgIpc) is 3.22. The van der Waals surface area contributed by atoms with Gasteiger partial charge in [0.25, 0.3) is 0 Å². The summed E-state index contributed by atoms with van der Waals surface area (Å²) in [6.45, 7) is 7.54. The SMILES string of the molecule is CC(C)(C)OC(=O)N1CC2COCC(C1)C2Oc1ncnc2c(-c3ccc(C#N)cc3Cl)c[nH]c12. The second kappa shape index (κ2) is 9.02. The lowest BCUT2D eigenvalue weighted by atomic mass is 9.84. The summed E-state index contributed by atoms with van der Waals surface area (Å²) in [5.41, 5.74) is 2.84. The molecule has 0 aliphatic carbocycles. The lowest BCUT2D eigenvalue weighted by Crippen LogP contribution is -2.59. The first-order valence-electron chi connectivity index (χ1n) is 11.5. The second-order valence-electron chi connectivity index (χ2n) is 9.94. The number of hydrogen-bond donors (Lipinski definition) is 1. The number of hydrogen-bond acceptors (Lipinski definition) is 7. The monoisotopic (exact) mass is 495 g/mol. The topological polar surface area (TPSA) is 113 Å². The largest absolute Gasteiger partial charge is 0.472 e. The third-order valence-corrected chi connectivity index (χ3v) is 6.53. The summed E-state index contributed by atoms with van der Waals surface area (Å²) in [5, 5.41) is 9.59. The number of piperidine rings is 1. The van der Waals surface area contributed by atoms with Crippen molar-refractivity contribution in [1.82, 2.24) is 19.9 Å². The van der Waals surface area contributed by atoms with Crippen LogP contribution in [0.15, 0.2) is 30.7 Å². The van der Waals surface area contributed by atoms with E-state index in [1.165, 1.54) is 6.33 Å². The predicted molar refractivity (Wildman–Crippen MR) is 129 cm³/mol. The molecule has 10 heteroatoms. The quantitative estimate of drug-likeness (QED) is 0.572. The zero-order valence-corrected chi connectivity index (χ0v) is 20.5. The summed E-state index contributed by atoms with van der Waals surface area (Å²) in [5.74, 6) is 0.420. The zero-order chi connectivity index (χ0) is 24.7. The van der Waals surface area contributed by atoms with Gasteiger partial charge in [0, 0.05) is 47.3 Å². The summed E-state index contributed by atoms with van der Waals surface area (Å²) in [4.78, 5) is 26.5. The van der Waals surface area contributed by atoms with Crippen LogP contribution in [0, 0.1) is 23.2 Å². The van der Waals surface area contributed by atoms with E-state index in [9.17, 15) is 4.79 Å². The summed E-state index contributed by atoms with van der Waals surface area (Å²) in [7, 11) is 0. The van der Waals surface area contributed by atoms with E-state index in [0.717, 1.165) is 11.1 Å². The molecule has 5 rings (SSSR count). The standard InChI is InChI=1S/C25H26ClN5O4/c1-25(2,3)35-24(32)31-9-15-11-33-12-16(10-31)22(15)34-23-21-20(29-13-30-23)18(8-28-21)17-5-4-14(7-27)6-19(17)26/h4-6,8,13,15-16,22,28H,9-12H2,1-3H3. The number of nitrogens with zero attached hydrogens (tertiary/aromatic N) is 4. The number of aromatic amines is 1. The van der Waals surface area contributed by atoms with Crippen molar-refractivity contribution in [1.29, 1.82) is 5.26 Å². The van der Waals surface area contributed by atoms with Gasteiger partial charge < -0.3 is 24.1 Å². The Bertz CT molecular complexity index is 1300. The van der Waals surface area contributed by atoms with Crippen LogP contribution < -0.4 is 4.74 Å². The van der Waals surface area contributed by atoms with Crippen LogP contribution in [0.4, 0.5) is 4.79 Å². The number of benzene rings is 1. The van der Waals surface area contributed by atoms with E-state index in [1.807, 2.05) is 27.0 Å². The molecule has 1 aromatic carbocycles. The summed E-state index contributed by atoms with van der Waals surface area (Å²) >= 11 is 6.44. The fraction of sp³-hybridized carbons (Fsp3) is 0.440. The van der Waals surface area contributed by atoms with Gasteiger partial charge in [0.2, 0.25) is 5.88 Å². The lowest BCUT2D eigenvalue weighted by Gasteiger charge is -2.46. The van der Waals surface area contributed by atoms with Gasteiger partial charge >= 0.3 is 6.09 Å². The van der Waals surface area contributed by atoms with Crippen LogP contribution in [0.25, 0.3) is 22.2 Å². The highest BCUT2D eigenvalue weighted by Gasteiger charge is 2.44. The minimum Gasteiger partial charge on any atom is -0.472 e. The molecular weight excluding hydrogens is 470 g/mol. The third-order valence-electron chi connectivity index (χ3n) is 6.22. The fourth-order valence-electron chi connectivity index (χ4n) is 4.71. The van der Waals surface area contributed by atoms with Crippen molar-refractivity contribution >= 4 is 28.7 Å². The average molecular weight is 496 g/mol. The fourth-order valence-corrected chi connectivity index (χ4v) is 4.99. The number of aromatic nitrogens is 3. The van der Waals surface area contributed by atoms with Crippen molar-refractivity contribution in [3.05, 3.63) is 41.3 Å². The molecule has 2 aliphatic heterocycles. The Morgan fingerprint density at radius 3 is 2.63 bits per heavy atom. The second-order valence-corrected chi connectivity index (χ2v) is 10.3. The first-order chi connectivity index (χ1) is 16.7. The highest BCUT2D eigenvalue weighted by molar-refractivity contribution is 6.33. The molecule has 35 heavy (non-hydrogen) atoms. The molecule has 1 N–H and O–H groups in total. The lowest BCUT2D eigenvalue weighted by molar-refractivity contribution is -0.112. The number of rotatable bonds is 3. The molecule has 2 fully saturated rings. The zero-order valence-electron chi connectivity index (χ0n) is 19.7. The Balaban J connectivity index is 1.40. The Morgan fingerprint density at radius 1 is 1.23 bits per heavy atom. The van der Waals surface area contributed by atoms with Gasteiger partial charge in [-0.1, -0.05) is 17.7 Å². The molecule has 2 atom stereocenters. The Hall–Kier alpha value is -3.35. The third kappa shape index (κ3) is 4.64. The molecule has 2 bridgehead atoms. The number of halogens is 1. The molecule has 0 radical (unpaired) electrons. The Labute approximate surface area is 208 Å². The van der Waals surface area contributed by atoms with E-state index in [0.29, 0.717) is 53.8 Å². The van der Waals surface area contributed by atoms with Crippen molar-refractivity contribution in [2.75, 3.05) is 26.3 Å². The van der Waals surface area contributed by atoms with Gasteiger partial charge in [-0.25, -0.2) is 9.78 Å². The van der Waals surface area contributed by atoms with Crippen LogP contribution in [0.2, 0.25) is 5.02 Å². The first-order valence-corrected chi connectivity index (χ1v) is 11.9. The Kier molecular flexibility index (Phi) is 6.03. The molecule has 2 unspecified atom stereocenters. The molecule has 3 aromatic rings. The molecule has 2 aromatic heterocycles. The molecule has 2 saturated heterocycles. The summed E-state index contributed by atoms with van der Waals surface area (Å²) in [6, 6.07) is 7.25. The molecule has 0 spiro atoms. The van der Waals surface area contributed by atoms with Crippen LogP contribution in [0.3, 0.4) is 0 Å². The van der Waals surface area contributed by atoms with Crippen LogP contribution >= 0.6 is 11.6 Å². The van der Waals surface area contributed by atoms with E-state index in [4.69, 9.17) is 31.1 Å². The molecule has 0 saturated carbocycles. The highest BCUT2D eigenvalue weighted by Crippen LogP contribution is 2.37. The molecule has 9 nitrogen and oxygen atoms in total. The summed E-state index contributed by atoms with van der Waals surface area (Å²) < 4.78 is 17.8. The normalized spacial score (nSPS) is 22.0. The van der Waals surface area contributed by atoms with Gasteiger partial charge in [-0.05, 0) is 32.9 Å². The number of likely N-dealkylation sites (tertiary alicyclic amines) is 1. The van der Waals surface area contributed by atoms with Crippen LogP contribution in [0.5, 0.6) is 5.88 Å². The number of carbonyl (C=O) groups excluding carboxylic acids is 1. The number of nitrogens with one attached hydrogen (secondary N) is 1. The van der Waals surface area contributed by atoms with E-state index in [2.05, 4.69) is 21.0 Å². The summed E-state index contributed by atoms with van der Waals surface area (Å²) in [6.07, 6.45) is 2.81. The van der Waals surface area contributed by atoms with Gasteiger partial charge in [0.15, 0.2) is 0 Å². The molecular formula is C25H26ClN5O4. The van der Waals surface area contributed by atoms with Crippen LogP contribution in [-0.4, -0.2) is 64.0 Å². The van der Waals surface area contributed by atoms with Crippen molar-refractivity contribution < 1.29 is 19.0 Å². The van der Waals surface area contributed by atoms with E-state index < -0.39 is 5.60 Å². The molecule has 4 heterocycles. The van der Waals surface area contributed by atoms with Crippen LogP contribution in [0.1, 0.15) is 26.3 Å². The van der Waals surface area contributed by atoms with Crippen LogP contribution in [-0.2, 0) is 9.47 Å². The van der Waals surface area contributed by atoms with Crippen molar-refractivity contribution in [2.24, 2.45) is 11.8 Å². The predicted octanol–water partition coefficient (Wildman–Crippen LogP) is 4.41. The highest BCUT2D eigenvalue weighted by atomic mass is 35.5. The number of ether oxygens (including phenoxy) is 3. The van der Waals surface area contributed by atoms with Crippen molar-refractivity contribution in [2.45, 2.75) is 32.5 Å². The molecule has 1 amide bonds. The molecule has 2 aliphatic rings. The Morgan fingerprint density at radius 2 is 1.97 bits per heavy atom. The number of H-pyrrole nitrogens is 1. The number of fused-ring (bicyclic) bond motifs is 3. The number of carbonyl (C=O) groups is 1. The van der Waals surface area contributed by atoms with Crippen molar-refractivity contribution in [3.63, 3.8) is 0 Å². The van der Waals surface area contributed by atoms with E-state index in [1.54, 1.807) is 23.1 Å². The van der Waals surface area contributed by atoms with Crippen molar-refractivity contribution in [3.8, 4) is 23.1 Å². The van der Waals surface area contributed by atoms with Gasteiger partial charge in [-0.15, -0.1) is 0 Å². The maximum atomic E-state index is 12.7. The number of amides is 1.